The predicted octanol–water partition coefficient (Wildman–Crippen LogP) is 2.40. The van der Waals surface area contributed by atoms with Crippen molar-refractivity contribution in [3.8, 4) is 40.2 Å². The Morgan fingerprint density at radius 2 is 1.66 bits per heavy atom. The molecule has 0 saturated heterocycles. The number of hydrogen-bond donors (Lipinski definition) is 6. The van der Waals surface area contributed by atoms with E-state index in [0.717, 1.165) is 12.1 Å². The van der Waals surface area contributed by atoms with Crippen LogP contribution in [0.5, 0.6) is 40.2 Å². The number of aliphatic hydroxyl groups excluding tert-OH is 2. The van der Waals surface area contributed by atoms with Gasteiger partial charge in [-0.25, -0.2) is 0 Å². The zero-order valence-electron chi connectivity index (χ0n) is 18.4. The van der Waals surface area contributed by atoms with Crippen molar-refractivity contribution in [1.82, 2.24) is 0 Å². The first-order valence-electron chi connectivity index (χ1n) is 10.7. The molecule has 6 N–H and O–H groups in total. The fourth-order valence-corrected chi connectivity index (χ4v) is 4.63. The Hall–Kier alpha value is -4.15. The number of ketones is 1. The van der Waals surface area contributed by atoms with Crippen LogP contribution in [0.25, 0.3) is 0 Å². The van der Waals surface area contributed by atoms with Crippen molar-refractivity contribution >= 4 is 5.78 Å². The highest BCUT2D eigenvalue weighted by Gasteiger charge is 2.42. The van der Waals surface area contributed by atoms with Gasteiger partial charge in [0.15, 0.2) is 35.2 Å². The van der Waals surface area contributed by atoms with E-state index in [9.17, 15) is 35.4 Å². The Kier molecular flexibility index (Phi) is 5.34. The van der Waals surface area contributed by atoms with E-state index in [1.54, 1.807) is 18.2 Å². The molecule has 0 aliphatic carbocycles. The lowest BCUT2D eigenvalue weighted by molar-refractivity contribution is 0.0209. The lowest BCUT2D eigenvalue weighted by atomic mass is 9.87. The first-order valence-corrected chi connectivity index (χ1v) is 10.7. The molecule has 35 heavy (non-hydrogen) atoms. The molecule has 5 rings (SSSR count). The summed E-state index contributed by atoms with van der Waals surface area (Å²) in [6, 6.07) is 9.56. The van der Waals surface area contributed by atoms with Gasteiger partial charge in [-0.05, 0) is 35.4 Å². The first kappa shape index (κ1) is 22.6. The highest BCUT2D eigenvalue weighted by atomic mass is 16.5. The zero-order valence-corrected chi connectivity index (χ0v) is 18.4. The molecule has 3 aromatic carbocycles. The molecule has 0 bridgehead atoms. The van der Waals surface area contributed by atoms with Crippen LogP contribution in [-0.2, 0) is 0 Å². The van der Waals surface area contributed by atoms with Crippen LogP contribution in [0.4, 0.5) is 0 Å². The summed E-state index contributed by atoms with van der Waals surface area (Å²) >= 11 is 0. The molecule has 182 valence electrons. The van der Waals surface area contributed by atoms with Crippen LogP contribution in [0.15, 0.2) is 42.5 Å². The van der Waals surface area contributed by atoms with Gasteiger partial charge in [-0.2, -0.15) is 0 Å². The molecule has 0 fully saturated rings. The minimum atomic E-state index is -1.71. The van der Waals surface area contributed by atoms with E-state index in [0.29, 0.717) is 11.1 Å². The number of carbonyl (C=O) groups excluding carboxylic acids is 1. The second kappa shape index (κ2) is 8.26. The van der Waals surface area contributed by atoms with Crippen molar-refractivity contribution in [2.75, 3.05) is 13.7 Å². The van der Waals surface area contributed by atoms with E-state index in [1.165, 1.54) is 19.2 Å². The fourth-order valence-electron chi connectivity index (χ4n) is 4.63. The van der Waals surface area contributed by atoms with Crippen molar-refractivity contribution in [2.45, 2.75) is 24.2 Å². The first-order chi connectivity index (χ1) is 16.7. The van der Waals surface area contributed by atoms with Gasteiger partial charge in [0, 0.05) is 17.7 Å². The third-order valence-corrected chi connectivity index (χ3v) is 6.31. The Labute approximate surface area is 198 Å². The molecule has 3 aromatic rings. The Bertz CT molecular complexity index is 1330. The maximum absolute atomic E-state index is 12.8. The van der Waals surface area contributed by atoms with E-state index < -0.39 is 35.8 Å². The van der Waals surface area contributed by atoms with Crippen molar-refractivity contribution in [1.29, 1.82) is 0 Å². The van der Waals surface area contributed by atoms with Gasteiger partial charge in [0.05, 0.1) is 19.6 Å². The molecule has 0 spiro atoms. The van der Waals surface area contributed by atoms with Gasteiger partial charge in [0.25, 0.3) is 0 Å². The van der Waals surface area contributed by atoms with E-state index in [-0.39, 0.29) is 52.2 Å². The normalized spacial score (nSPS) is 22.7. The molecule has 2 aliphatic heterocycles. The fraction of sp³-hybridized carbons (Fsp3) is 0.240. The van der Waals surface area contributed by atoms with Crippen LogP contribution in [0.1, 0.15) is 45.2 Å². The van der Waals surface area contributed by atoms with Crippen molar-refractivity contribution in [3.05, 3.63) is 64.7 Å². The van der Waals surface area contributed by atoms with Gasteiger partial charge in [0.2, 0.25) is 5.78 Å². The van der Waals surface area contributed by atoms with Gasteiger partial charge in [0.1, 0.15) is 28.9 Å². The summed E-state index contributed by atoms with van der Waals surface area (Å²) in [5.41, 5.74) is 0.976. The summed E-state index contributed by atoms with van der Waals surface area (Å²) in [4.78, 5) is 12.8. The van der Waals surface area contributed by atoms with E-state index in [1.807, 2.05) is 0 Å². The molecule has 10 heteroatoms. The molecular formula is C25H22O10. The predicted molar refractivity (Wildman–Crippen MR) is 119 cm³/mol. The number of phenols is 4. The molecular weight excluding hydrogens is 460 g/mol. The number of aromatic hydroxyl groups is 4. The van der Waals surface area contributed by atoms with Crippen LogP contribution < -0.4 is 14.2 Å². The summed E-state index contributed by atoms with van der Waals surface area (Å²) in [5, 5.41) is 61.3. The molecule has 0 radical (unpaired) electrons. The number of fused-ring (bicyclic) bond motifs is 2. The van der Waals surface area contributed by atoms with Crippen LogP contribution >= 0.6 is 0 Å². The van der Waals surface area contributed by atoms with Crippen LogP contribution in [-0.4, -0.2) is 56.2 Å². The summed E-state index contributed by atoms with van der Waals surface area (Å²) < 4.78 is 16.9. The molecule has 2 aliphatic rings. The van der Waals surface area contributed by atoms with Gasteiger partial charge in [-0.3, -0.25) is 4.79 Å². The minimum absolute atomic E-state index is 0.0668. The molecule has 0 saturated carbocycles. The number of Topliss-reactive ketones (excluding diaryl/α,β-unsaturated/α-hetero) is 1. The Morgan fingerprint density at radius 3 is 2.37 bits per heavy atom. The van der Waals surface area contributed by atoms with Gasteiger partial charge >= 0.3 is 0 Å². The lowest BCUT2D eigenvalue weighted by Gasteiger charge is -2.30. The zero-order chi connectivity index (χ0) is 25.0. The van der Waals surface area contributed by atoms with Crippen molar-refractivity contribution in [2.24, 2.45) is 0 Å². The molecule has 4 atom stereocenters. The molecule has 0 aromatic heterocycles. The van der Waals surface area contributed by atoms with Crippen LogP contribution in [0.3, 0.4) is 0 Å². The standard InChI is InChI=1S/C25H22O10/c1-33-18-6-10(2-3-15(18)28)23-14(9-26)13-4-11(5-17(30)25(13)35-23)24-22(32)21(31)20-16(29)7-12(27)8-19(20)34-24/h2-8,14,22-24,26-30,32H,9H2,1H3/t14-,22+,23-,24+/m0/s1. The highest BCUT2D eigenvalue weighted by molar-refractivity contribution is 6.05. The number of carbonyl (C=O) groups is 1. The summed E-state index contributed by atoms with van der Waals surface area (Å²) in [6.07, 6.45) is -3.69. The smallest absolute Gasteiger partial charge is 0.202 e. The number of methoxy groups -OCH3 is 1. The average Bonchev–Trinajstić information content (AvgIpc) is 3.20. The molecule has 0 amide bonds. The van der Waals surface area contributed by atoms with Crippen molar-refractivity contribution < 1.29 is 49.6 Å². The lowest BCUT2D eigenvalue weighted by Crippen LogP contribution is -2.36. The van der Waals surface area contributed by atoms with E-state index in [4.69, 9.17) is 14.2 Å². The second-order valence-electron chi connectivity index (χ2n) is 8.40. The quantitative estimate of drug-likeness (QED) is 0.325. The van der Waals surface area contributed by atoms with Crippen LogP contribution in [0, 0.1) is 0 Å². The van der Waals surface area contributed by atoms with Crippen LogP contribution in [0.2, 0.25) is 0 Å². The highest BCUT2D eigenvalue weighted by Crippen LogP contribution is 2.52. The number of hydrogen-bond acceptors (Lipinski definition) is 10. The minimum Gasteiger partial charge on any atom is -0.508 e. The molecule has 2 heterocycles. The van der Waals surface area contributed by atoms with Gasteiger partial charge in [-0.15, -0.1) is 0 Å². The Balaban J connectivity index is 1.54. The monoisotopic (exact) mass is 482 g/mol. The third kappa shape index (κ3) is 3.54. The summed E-state index contributed by atoms with van der Waals surface area (Å²) in [7, 11) is 1.40. The van der Waals surface area contributed by atoms with E-state index >= 15 is 0 Å². The average molecular weight is 482 g/mol. The topological polar surface area (TPSA) is 166 Å². The Morgan fingerprint density at radius 1 is 0.886 bits per heavy atom. The number of ether oxygens (including phenoxy) is 3. The number of rotatable bonds is 4. The molecule has 10 nitrogen and oxygen atoms in total. The summed E-state index contributed by atoms with van der Waals surface area (Å²) in [6.45, 7) is -0.360. The maximum Gasteiger partial charge on any atom is 0.202 e. The maximum atomic E-state index is 12.8. The van der Waals surface area contributed by atoms with Crippen molar-refractivity contribution in [3.63, 3.8) is 0 Å². The third-order valence-electron chi connectivity index (χ3n) is 6.31. The summed E-state index contributed by atoms with van der Waals surface area (Å²) in [5.74, 6) is -2.45. The molecule has 0 unspecified atom stereocenters. The van der Waals surface area contributed by atoms with Gasteiger partial charge < -0.3 is 44.8 Å². The number of aliphatic hydroxyl groups is 2. The SMILES string of the molecule is COc1cc([C@@H]2Oc3c(O)cc([C@H]4Oc5cc(O)cc(O)c5C(=O)[C@H]4O)cc3[C@@H]2CO)ccc1O. The van der Waals surface area contributed by atoms with E-state index in [2.05, 4.69) is 0 Å². The second-order valence-corrected chi connectivity index (χ2v) is 8.40. The number of benzene rings is 3. The van der Waals surface area contributed by atoms with Gasteiger partial charge in [-0.1, -0.05) is 6.07 Å². The number of phenolic OH excluding ortho intramolecular Hbond substituents is 4. The largest absolute Gasteiger partial charge is 0.508 e.